The molecule has 502 valence electrons. The third-order valence-electron chi connectivity index (χ3n) is 22.2. The van der Waals surface area contributed by atoms with E-state index in [0.717, 1.165) is 93.3 Å². The van der Waals surface area contributed by atoms with Crippen LogP contribution in [0.15, 0.2) is 376 Å². The lowest BCUT2D eigenvalue weighted by molar-refractivity contribution is 0.639. The molecule has 15 aromatic rings. The molecule has 0 N–H and O–H groups in total. The standard InChI is InChI=1S/C102H79N3/c1-5-6-42-86-69(2)102(3,4)96-67-78(53-62-89(86)96)77-55-64-91-95(66-77)94-65-76(70-47-56-83(57-48-70)103(79-34-14-8-15-35-79)80-36-16-9-17-37-80)54-63-90(94)100-93(74-49-58-84(59-50-74)104(81-38-18-10-19-39-81)97-45-26-32-71-30-22-24-43-87(71)97)68-92(73-28-12-7-13-29-73)99(101(91)100)75-51-60-85(61-52-75)105(82-40-20-11-21-41-82)98-46-27-33-72-31-23-25-44-88(72)98/h5-10,12-20,22-23,25-42,44-68H,1,11,21,24,43H2,2-4H3/b42-6-. The predicted molar refractivity (Wildman–Crippen MR) is 450 cm³/mol. The fraction of sp³-hybridized carbons (Fsp3) is 0.0784. The highest BCUT2D eigenvalue weighted by molar-refractivity contribution is 6.33. The van der Waals surface area contributed by atoms with Crippen molar-refractivity contribution < 1.29 is 0 Å². The van der Waals surface area contributed by atoms with Crippen LogP contribution in [0.4, 0.5) is 45.5 Å². The van der Waals surface area contributed by atoms with E-state index in [-0.39, 0.29) is 5.41 Å². The van der Waals surface area contributed by atoms with Crippen molar-refractivity contribution in [1.29, 1.82) is 0 Å². The molecule has 0 heterocycles. The Bertz CT molecular complexity index is 5990. The molecule has 0 amide bonds. The fourth-order valence-electron chi connectivity index (χ4n) is 16.8. The molecule has 15 aromatic carbocycles. The predicted octanol–water partition coefficient (Wildman–Crippen LogP) is 28.7. The number of hydrogen-bond acceptors (Lipinski definition) is 3. The average molecular weight is 1350 g/mol. The van der Waals surface area contributed by atoms with Crippen molar-refractivity contribution >= 4 is 100 Å². The molecule has 0 bridgehead atoms. The van der Waals surface area contributed by atoms with Crippen LogP contribution in [0.3, 0.4) is 0 Å². The SMILES string of the molecule is C=C/C=C\C1=C(C)C(C)(C)c2cc(-c3ccc4c(c3)c3cc(-c5ccc(N(c6ccccc6)c6ccccc6)cc5)ccc3c3c(-c5ccc(N(c6ccccc6)c6cccc7c6CCC=C7)cc5)cc(-c5ccccc5)c(-c5ccc(N(C6=CCCC=C6)c6cccc7ccccc67)cc5)c43)ccc21. The molecule has 0 radical (unpaired) electrons. The van der Waals surface area contributed by atoms with Crippen molar-refractivity contribution in [2.75, 3.05) is 14.7 Å². The van der Waals surface area contributed by atoms with Crippen LogP contribution in [-0.4, -0.2) is 0 Å². The van der Waals surface area contributed by atoms with Crippen LogP contribution in [-0.2, 0) is 11.8 Å². The highest BCUT2D eigenvalue weighted by Gasteiger charge is 2.35. The van der Waals surface area contributed by atoms with Crippen LogP contribution in [0.1, 0.15) is 62.3 Å². The minimum atomic E-state index is -0.170. The van der Waals surface area contributed by atoms with Crippen LogP contribution >= 0.6 is 0 Å². The fourth-order valence-corrected chi connectivity index (χ4v) is 16.8. The Labute approximate surface area is 616 Å². The van der Waals surface area contributed by atoms with E-state index < -0.39 is 0 Å². The van der Waals surface area contributed by atoms with Crippen molar-refractivity contribution in [2.24, 2.45) is 0 Å². The largest absolute Gasteiger partial charge is 0.311 e. The van der Waals surface area contributed by atoms with Crippen molar-refractivity contribution in [3.8, 4) is 55.6 Å². The first-order valence-electron chi connectivity index (χ1n) is 37.0. The second-order valence-corrected chi connectivity index (χ2v) is 28.5. The Morgan fingerprint density at radius 2 is 0.876 bits per heavy atom. The molecule has 0 spiro atoms. The van der Waals surface area contributed by atoms with Gasteiger partial charge in [-0.25, -0.2) is 0 Å². The Balaban J connectivity index is 0.900. The summed E-state index contributed by atoms with van der Waals surface area (Å²) in [4.78, 5) is 7.25. The first-order valence-corrected chi connectivity index (χ1v) is 37.0. The minimum absolute atomic E-state index is 0.170. The van der Waals surface area contributed by atoms with Gasteiger partial charge in [-0.15, -0.1) is 0 Å². The van der Waals surface area contributed by atoms with Gasteiger partial charge in [-0.2, -0.15) is 0 Å². The van der Waals surface area contributed by atoms with Gasteiger partial charge in [-0.05, 0) is 269 Å². The molecule has 3 nitrogen and oxygen atoms in total. The average Bonchev–Trinajstić information content (AvgIpc) is 1.31. The van der Waals surface area contributed by atoms with E-state index in [1.165, 1.54) is 116 Å². The molecule has 3 aliphatic rings. The van der Waals surface area contributed by atoms with Gasteiger partial charge in [0.15, 0.2) is 0 Å². The monoisotopic (exact) mass is 1350 g/mol. The summed E-state index contributed by atoms with van der Waals surface area (Å²) in [6.45, 7) is 11.1. The summed E-state index contributed by atoms with van der Waals surface area (Å²) in [5, 5.41) is 9.61. The van der Waals surface area contributed by atoms with Crippen LogP contribution < -0.4 is 14.7 Å². The minimum Gasteiger partial charge on any atom is -0.311 e. The Morgan fingerprint density at radius 1 is 0.362 bits per heavy atom. The second-order valence-electron chi connectivity index (χ2n) is 28.5. The Kier molecular flexibility index (Phi) is 16.6. The molecule has 0 atom stereocenters. The molecule has 105 heavy (non-hydrogen) atoms. The van der Waals surface area contributed by atoms with Gasteiger partial charge in [0.25, 0.3) is 0 Å². The van der Waals surface area contributed by atoms with Crippen LogP contribution in [0.5, 0.6) is 0 Å². The van der Waals surface area contributed by atoms with E-state index in [4.69, 9.17) is 0 Å². The number of rotatable bonds is 16. The number of fused-ring (bicyclic) bond motifs is 9. The molecular weight excluding hydrogens is 1270 g/mol. The summed E-state index contributed by atoms with van der Waals surface area (Å²) < 4.78 is 0. The first-order chi connectivity index (χ1) is 51.7. The summed E-state index contributed by atoms with van der Waals surface area (Å²) in [7, 11) is 0. The van der Waals surface area contributed by atoms with Gasteiger partial charge in [0.1, 0.15) is 0 Å². The summed E-state index contributed by atoms with van der Waals surface area (Å²) in [6.07, 6.45) is 21.8. The quantitative estimate of drug-likeness (QED) is 0.0705. The van der Waals surface area contributed by atoms with Crippen molar-refractivity contribution in [3.05, 3.63) is 398 Å². The van der Waals surface area contributed by atoms with Crippen molar-refractivity contribution in [1.82, 2.24) is 0 Å². The normalized spacial score (nSPS) is 13.7. The van der Waals surface area contributed by atoms with Gasteiger partial charge in [0, 0.05) is 56.3 Å². The number of nitrogens with zero attached hydrogens (tertiary/aromatic N) is 3. The molecule has 0 fully saturated rings. The maximum atomic E-state index is 4.04. The van der Waals surface area contributed by atoms with Crippen molar-refractivity contribution in [3.63, 3.8) is 0 Å². The summed E-state index contributed by atoms with van der Waals surface area (Å²) >= 11 is 0. The van der Waals surface area contributed by atoms with Gasteiger partial charge in [-0.3, -0.25) is 0 Å². The van der Waals surface area contributed by atoms with Gasteiger partial charge in [0.05, 0.1) is 5.69 Å². The molecule has 3 aliphatic carbocycles. The summed E-state index contributed by atoms with van der Waals surface area (Å²) in [5.41, 5.74) is 29.5. The zero-order chi connectivity index (χ0) is 70.5. The summed E-state index contributed by atoms with van der Waals surface area (Å²) in [6, 6.07) is 118. The number of benzene rings is 15. The highest BCUT2D eigenvalue weighted by atomic mass is 15.2. The highest BCUT2D eigenvalue weighted by Crippen LogP contribution is 2.53. The molecular formula is C102H79N3. The van der Waals surface area contributed by atoms with Gasteiger partial charge < -0.3 is 14.7 Å². The van der Waals surface area contributed by atoms with Crippen LogP contribution in [0.25, 0.3) is 110 Å². The van der Waals surface area contributed by atoms with Crippen LogP contribution in [0.2, 0.25) is 0 Å². The van der Waals surface area contributed by atoms with E-state index in [1.54, 1.807) is 0 Å². The molecule has 0 aliphatic heterocycles. The third-order valence-corrected chi connectivity index (χ3v) is 22.2. The zero-order valence-electron chi connectivity index (χ0n) is 59.5. The first kappa shape index (κ1) is 64.3. The smallest absolute Gasteiger partial charge is 0.0539 e. The topological polar surface area (TPSA) is 9.72 Å². The lowest BCUT2D eigenvalue weighted by atomic mass is 9.80. The molecule has 0 aromatic heterocycles. The lowest BCUT2D eigenvalue weighted by Gasteiger charge is -2.29. The third kappa shape index (κ3) is 11.6. The molecule has 0 saturated carbocycles. The van der Waals surface area contributed by atoms with Crippen molar-refractivity contribution in [2.45, 2.75) is 51.9 Å². The number of para-hydroxylation sites is 3. The van der Waals surface area contributed by atoms with Gasteiger partial charge in [0.2, 0.25) is 0 Å². The zero-order valence-corrected chi connectivity index (χ0v) is 59.5. The van der Waals surface area contributed by atoms with E-state index in [1.807, 2.05) is 6.08 Å². The van der Waals surface area contributed by atoms with E-state index in [2.05, 4.69) is 400 Å². The maximum Gasteiger partial charge on any atom is 0.0539 e. The molecule has 3 heteroatoms. The number of allylic oxidation sites excluding steroid dienone is 9. The summed E-state index contributed by atoms with van der Waals surface area (Å²) in [5.74, 6) is 0. The molecule has 0 unspecified atom stereocenters. The lowest BCUT2D eigenvalue weighted by Crippen LogP contribution is -2.16. The molecule has 0 saturated heterocycles. The van der Waals surface area contributed by atoms with Gasteiger partial charge in [-0.1, -0.05) is 275 Å². The Morgan fingerprint density at radius 3 is 1.54 bits per heavy atom. The maximum absolute atomic E-state index is 4.04. The number of hydrogen-bond donors (Lipinski definition) is 0. The van der Waals surface area contributed by atoms with E-state index >= 15 is 0 Å². The number of anilines is 8. The molecule has 18 rings (SSSR count). The van der Waals surface area contributed by atoms with E-state index in [0.29, 0.717) is 0 Å². The van der Waals surface area contributed by atoms with Crippen LogP contribution in [0, 0.1) is 0 Å². The van der Waals surface area contributed by atoms with Gasteiger partial charge >= 0.3 is 0 Å². The van der Waals surface area contributed by atoms with E-state index in [9.17, 15) is 0 Å². The Hall–Kier alpha value is -12.8. The second kappa shape index (κ2) is 27.2.